The average molecular weight is 440 g/mol. The first kappa shape index (κ1) is 27.6. The molecule has 0 saturated carbocycles. The van der Waals surface area contributed by atoms with Gasteiger partial charge in [-0.3, -0.25) is 0 Å². The fraction of sp³-hybridized carbons (Fsp3) is 0.520. The minimum atomic E-state index is 0. The van der Waals surface area contributed by atoms with E-state index >= 15 is 0 Å². The number of rotatable bonds is 6. The molecule has 164 valence electrons. The van der Waals surface area contributed by atoms with Gasteiger partial charge in [-0.05, 0) is 63.5 Å². The molecule has 0 fully saturated rings. The van der Waals surface area contributed by atoms with Gasteiger partial charge in [-0.1, -0.05) is 79.7 Å². The molecule has 0 aliphatic heterocycles. The van der Waals surface area contributed by atoms with Crippen molar-refractivity contribution in [2.75, 3.05) is 11.5 Å². The summed E-state index contributed by atoms with van der Waals surface area (Å²) in [4.78, 5) is 0. The van der Waals surface area contributed by atoms with Crippen molar-refractivity contribution in [1.29, 1.82) is 0 Å². The molecule has 0 radical (unpaired) electrons. The first-order chi connectivity index (χ1) is 12.5. The Balaban J connectivity index is 0.00000392. The third-order valence-electron chi connectivity index (χ3n) is 5.50. The Labute approximate surface area is 190 Å². The van der Waals surface area contributed by atoms with Crippen molar-refractivity contribution in [3.8, 4) is 0 Å². The van der Waals surface area contributed by atoms with Gasteiger partial charge < -0.3 is 11.5 Å². The summed E-state index contributed by atoms with van der Waals surface area (Å²) in [6, 6.07) is 9.19. The van der Waals surface area contributed by atoms with Crippen LogP contribution in [-0.4, -0.2) is 0 Å². The lowest BCUT2D eigenvalue weighted by atomic mass is 9.86. The van der Waals surface area contributed by atoms with Crippen molar-refractivity contribution >= 4 is 36.2 Å². The summed E-state index contributed by atoms with van der Waals surface area (Å²) in [5, 5.41) is 0. The van der Waals surface area contributed by atoms with Crippen molar-refractivity contribution in [3.63, 3.8) is 0 Å². The number of benzene rings is 2. The Hall–Kier alpha value is -1.38. The maximum absolute atomic E-state index is 6.48. The number of nitrogens with two attached hydrogens (primary N) is 2. The molecule has 0 aliphatic rings. The molecule has 2 nitrogen and oxygen atoms in total. The molecule has 0 spiro atoms. The van der Waals surface area contributed by atoms with E-state index in [-0.39, 0.29) is 24.8 Å². The van der Waals surface area contributed by atoms with Crippen molar-refractivity contribution < 1.29 is 0 Å². The summed E-state index contributed by atoms with van der Waals surface area (Å²) in [7, 11) is 0. The second-order valence-electron chi connectivity index (χ2n) is 9.17. The van der Waals surface area contributed by atoms with Crippen molar-refractivity contribution in [2.24, 2.45) is 0 Å². The van der Waals surface area contributed by atoms with Crippen LogP contribution in [0.5, 0.6) is 0 Å². The topological polar surface area (TPSA) is 52.0 Å². The monoisotopic (exact) mass is 438 g/mol. The van der Waals surface area contributed by atoms with Gasteiger partial charge in [0.25, 0.3) is 0 Å². The van der Waals surface area contributed by atoms with Crippen molar-refractivity contribution in [2.45, 2.75) is 85.5 Å². The predicted octanol–water partition coefficient (Wildman–Crippen LogP) is 7.78. The summed E-state index contributed by atoms with van der Waals surface area (Å²) in [5.74, 6) is 1.69. The van der Waals surface area contributed by atoms with Crippen LogP contribution in [-0.2, 0) is 6.42 Å². The molecular formula is C25H40Cl2N2. The zero-order chi connectivity index (χ0) is 20.5. The number of halogens is 2. The fourth-order valence-corrected chi connectivity index (χ4v) is 3.88. The minimum absolute atomic E-state index is 0. The predicted molar refractivity (Wildman–Crippen MR) is 135 cm³/mol. The zero-order valence-corrected chi connectivity index (χ0v) is 20.9. The van der Waals surface area contributed by atoms with Crippen LogP contribution < -0.4 is 11.5 Å². The van der Waals surface area contributed by atoms with Crippen LogP contribution in [0.25, 0.3) is 0 Å². The van der Waals surface area contributed by atoms with Gasteiger partial charge in [-0.25, -0.2) is 0 Å². The number of nitrogen functional groups attached to an aromatic ring is 2. The van der Waals surface area contributed by atoms with Gasteiger partial charge in [-0.15, -0.1) is 24.8 Å². The number of hydrogen-bond donors (Lipinski definition) is 2. The van der Waals surface area contributed by atoms with E-state index in [0.717, 1.165) is 17.8 Å². The largest absolute Gasteiger partial charge is 0.398 e. The highest BCUT2D eigenvalue weighted by atomic mass is 35.5. The second-order valence-corrected chi connectivity index (χ2v) is 9.17. The van der Waals surface area contributed by atoms with E-state index in [1.165, 1.54) is 33.4 Å². The van der Waals surface area contributed by atoms with E-state index in [9.17, 15) is 0 Å². The summed E-state index contributed by atoms with van der Waals surface area (Å²) in [5.41, 5.74) is 22.6. The molecule has 0 heterocycles. The molecule has 0 aliphatic carbocycles. The number of hydrogen-bond acceptors (Lipinski definition) is 2. The summed E-state index contributed by atoms with van der Waals surface area (Å²) in [6.45, 7) is 17.8. The van der Waals surface area contributed by atoms with E-state index in [4.69, 9.17) is 11.5 Å². The maximum atomic E-state index is 6.48. The molecular weight excluding hydrogens is 399 g/mol. The molecule has 4 N–H and O–H groups in total. The van der Waals surface area contributed by atoms with E-state index in [1.54, 1.807) is 0 Å². The molecule has 2 aromatic carbocycles. The highest BCUT2D eigenvalue weighted by Crippen LogP contribution is 2.35. The Kier molecular flexibility index (Phi) is 10.6. The van der Waals surface area contributed by atoms with E-state index in [2.05, 4.69) is 79.7 Å². The molecule has 2 aromatic rings. The summed E-state index contributed by atoms with van der Waals surface area (Å²) >= 11 is 0. The van der Waals surface area contributed by atoms with Crippen LogP contribution in [0.15, 0.2) is 24.3 Å². The first-order valence-electron chi connectivity index (χ1n) is 10.4. The summed E-state index contributed by atoms with van der Waals surface area (Å²) < 4.78 is 0. The maximum Gasteiger partial charge on any atom is 0.0384 e. The van der Waals surface area contributed by atoms with Gasteiger partial charge in [0, 0.05) is 11.4 Å². The highest BCUT2D eigenvalue weighted by molar-refractivity contribution is 5.85. The lowest BCUT2D eigenvalue weighted by molar-refractivity contribution is 0.829. The Morgan fingerprint density at radius 1 is 0.517 bits per heavy atom. The smallest absolute Gasteiger partial charge is 0.0384 e. The zero-order valence-electron chi connectivity index (χ0n) is 19.3. The SMILES string of the molecule is CC(C)c1cc(Cc2cc(C(C)C)c(N)c(C(C)C)c2)cc(C(C)C)c1N.Cl.Cl. The third-order valence-corrected chi connectivity index (χ3v) is 5.50. The minimum Gasteiger partial charge on any atom is -0.398 e. The molecule has 4 heteroatoms. The van der Waals surface area contributed by atoms with Gasteiger partial charge in [0.05, 0.1) is 0 Å². The number of anilines is 2. The van der Waals surface area contributed by atoms with Gasteiger partial charge in [0.1, 0.15) is 0 Å². The lowest BCUT2D eigenvalue weighted by Gasteiger charge is -2.21. The van der Waals surface area contributed by atoms with Gasteiger partial charge in [0.15, 0.2) is 0 Å². The van der Waals surface area contributed by atoms with Gasteiger partial charge in [-0.2, -0.15) is 0 Å². The van der Waals surface area contributed by atoms with Gasteiger partial charge in [0.2, 0.25) is 0 Å². The quantitative estimate of drug-likeness (QED) is 0.452. The molecule has 2 rings (SSSR count). The van der Waals surface area contributed by atoms with Crippen LogP contribution in [0, 0.1) is 0 Å². The molecule has 29 heavy (non-hydrogen) atoms. The first-order valence-corrected chi connectivity index (χ1v) is 10.4. The molecule has 0 bridgehead atoms. The Morgan fingerprint density at radius 2 is 0.724 bits per heavy atom. The molecule has 0 saturated heterocycles. The average Bonchev–Trinajstić information content (AvgIpc) is 2.56. The van der Waals surface area contributed by atoms with Crippen LogP contribution in [0.1, 0.15) is 112 Å². The Bertz CT molecular complexity index is 683. The third kappa shape index (κ3) is 6.30. The molecule has 0 unspecified atom stereocenters. The van der Waals surface area contributed by atoms with Crippen molar-refractivity contribution in [3.05, 3.63) is 57.6 Å². The summed E-state index contributed by atoms with van der Waals surface area (Å²) in [6.07, 6.45) is 0.916. The molecule has 0 aromatic heterocycles. The highest BCUT2D eigenvalue weighted by Gasteiger charge is 2.16. The second kappa shape index (κ2) is 11.1. The molecule has 0 atom stereocenters. The van der Waals surface area contributed by atoms with Crippen LogP contribution in [0.2, 0.25) is 0 Å². The normalized spacial score (nSPS) is 11.2. The van der Waals surface area contributed by atoms with Crippen LogP contribution >= 0.6 is 24.8 Å². The van der Waals surface area contributed by atoms with Crippen LogP contribution in [0.3, 0.4) is 0 Å². The van der Waals surface area contributed by atoms with Gasteiger partial charge >= 0.3 is 0 Å². The van der Waals surface area contributed by atoms with Crippen LogP contribution in [0.4, 0.5) is 11.4 Å². The van der Waals surface area contributed by atoms with Crippen molar-refractivity contribution in [1.82, 2.24) is 0 Å². The van der Waals surface area contributed by atoms with E-state index < -0.39 is 0 Å². The fourth-order valence-electron chi connectivity index (χ4n) is 3.88. The Morgan fingerprint density at radius 3 is 0.897 bits per heavy atom. The van der Waals surface area contributed by atoms with E-state index in [1.807, 2.05) is 0 Å². The standard InChI is InChI=1S/C25H38N2.2ClH/c1-14(2)20-10-18(11-21(15(3)4)24(20)26)9-19-12-22(16(5)6)25(27)23(13-19)17(7)8;;/h10-17H,9,26-27H2,1-8H3;2*1H. The molecule has 0 amide bonds. The lowest BCUT2D eigenvalue weighted by Crippen LogP contribution is -2.07. The van der Waals surface area contributed by atoms with E-state index in [0.29, 0.717) is 23.7 Å².